The molecule has 46 heavy (non-hydrogen) atoms. The van der Waals surface area contributed by atoms with Gasteiger partial charge >= 0.3 is 0 Å². The standard InChI is InChI=1S/C32H29Cl2FN6O5/c33-17-6-7-24(21(34)14-17)41-23-5-3-1-2-4-18(23)28(37-41)32(46)39-12-10-38(11-13-39)26-16-20-19(15-22(26)35)30(44)40(31(20)45)25-8-9-27(42)36-29(25)43/h6-7,14-16,25H,1-5,8-13H2,(H,36,42,43). The third kappa shape index (κ3) is 5.13. The van der Waals surface area contributed by atoms with Crippen molar-refractivity contribution in [3.8, 4) is 5.69 Å². The Hall–Kier alpha value is -4.29. The predicted molar refractivity (Wildman–Crippen MR) is 166 cm³/mol. The van der Waals surface area contributed by atoms with Gasteiger partial charge in [0, 0.05) is 48.9 Å². The van der Waals surface area contributed by atoms with Gasteiger partial charge in [0.2, 0.25) is 11.8 Å². The molecule has 1 N–H and O–H groups in total. The van der Waals surface area contributed by atoms with Crippen molar-refractivity contribution < 1.29 is 28.4 Å². The van der Waals surface area contributed by atoms with E-state index in [-0.39, 0.29) is 61.7 Å². The van der Waals surface area contributed by atoms with Crippen LogP contribution in [0.3, 0.4) is 0 Å². The number of carbonyl (C=O) groups excluding carboxylic acids is 5. The van der Waals surface area contributed by atoms with E-state index >= 15 is 4.39 Å². The van der Waals surface area contributed by atoms with Crippen LogP contribution in [0.4, 0.5) is 10.1 Å². The van der Waals surface area contributed by atoms with E-state index in [9.17, 15) is 24.0 Å². The summed E-state index contributed by atoms with van der Waals surface area (Å²) in [5.74, 6) is -3.58. The summed E-state index contributed by atoms with van der Waals surface area (Å²) in [5.41, 5.74) is 2.94. The van der Waals surface area contributed by atoms with Gasteiger partial charge in [-0.3, -0.25) is 34.2 Å². The molecule has 3 aliphatic heterocycles. The lowest BCUT2D eigenvalue weighted by Gasteiger charge is -2.36. The zero-order chi connectivity index (χ0) is 32.3. The Kier molecular flexibility index (Phi) is 7.80. The van der Waals surface area contributed by atoms with Crippen LogP contribution in [0.15, 0.2) is 30.3 Å². The minimum atomic E-state index is -1.14. The van der Waals surface area contributed by atoms with Crippen molar-refractivity contribution in [1.82, 2.24) is 24.9 Å². The lowest BCUT2D eigenvalue weighted by atomic mass is 10.0. The Bertz CT molecular complexity index is 1840. The normalized spacial score (nSPS) is 20.1. The van der Waals surface area contributed by atoms with Gasteiger partial charge in [-0.25, -0.2) is 9.07 Å². The second-order valence-electron chi connectivity index (χ2n) is 11.9. The molecule has 5 amide bonds. The zero-order valence-corrected chi connectivity index (χ0v) is 26.2. The van der Waals surface area contributed by atoms with Crippen LogP contribution in [-0.2, 0) is 22.4 Å². The van der Waals surface area contributed by atoms with Crippen LogP contribution in [0.1, 0.15) is 74.6 Å². The first-order chi connectivity index (χ1) is 22.1. The van der Waals surface area contributed by atoms with E-state index in [0.29, 0.717) is 21.4 Å². The number of amides is 5. The van der Waals surface area contributed by atoms with E-state index in [1.165, 1.54) is 6.07 Å². The molecule has 0 saturated carbocycles. The molecule has 11 nitrogen and oxygen atoms in total. The van der Waals surface area contributed by atoms with E-state index in [1.807, 2.05) is 0 Å². The minimum absolute atomic E-state index is 0.00120. The van der Waals surface area contributed by atoms with Crippen molar-refractivity contribution in [2.45, 2.75) is 51.0 Å². The first kappa shape index (κ1) is 30.4. The third-order valence-corrected chi connectivity index (χ3v) is 9.72. The fourth-order valence-electron chi connectivity index (χ4n) is 6.82. The highest BCUT2D eigenvalue weighted by molar-refractivity contribution is 6.35. The van der Waals surface area contributed by atoms with E-state index in [4.69, 9.17) is 28.3 Å². The number of carbonyl (C=O) groups is 5. The molecule has 2 aromatic carbocycles. The Morgan fingerprint density at radius 3 is 2.30 bits per heavy atom. The van der Waals surface area contributed by atoms with Crippen LogP contribution < -0.4 is 10.2 Å². The second kappa shape index (κ2) is 11.8. The van der Waals surface area contributed by atoms with Gasteiger partial charge < -0.3 is 9.80 Å². The van der Waals surface area contributed by atoms with E-state index < -0.39 is 35.5 Å². The summed E-state index contributed by atoms with van der Waals surface area (Å²) in [7, 11) is 0. The second-order valence-corrected chi connectivity index (χ2v) is 12.8. The molecule has 238 valence electrons. The van der Waals surface area contributed by atoms with Crippen molar-refractivity contribution in [2.75, 3.05) is 31.1 Å². The fourth-order valence-corrected chi connectivity index (χ4v) is 7.31. The number of fused-ring (bicyclic) bond motifs is 2. The number of nitrogens with zero attached hydrogens (tertiary/aromatic N) is 5. The van der Waals surface area contributed by atoms with Crippen molar-refractivity contribution >= 4 is 58.4 Å². The average molecular weight is 668 g/mol. The highest BCUT2D eigenvalue weighted by Crippen LogP contribution is 2.34. The maximum atomic E-state index is 15.4. The van der Waals surface area contributed by atoms with Crippen molar-refractivity contribution in [3.05, 3.63) is 74.3 Å². The molecule has 14 heteroatoms. The summed E-state index contributed by atoms with van der Waals surface area (Å²) in [5, 5.41) is 7.87. The molecular formula is C32H29Cl2FN6O5. The summed E-state index contributed by atoms with van der Waals surface area (Å²) in [6.07, 6.45) is 4.45. The summed E-state index contributed by atoms with van der Waals surface area (Å²) >= 11 is 12.7. The Morgan fingerprint density at radius 1 is 0.870 bits per heavy atom. The molecule has 1 atom stereocenters. The maximum Gasteiger partial charge on any atom is 0.274 e. The first-order valence-corrected chi connectivity index (χ1v) is 16.0. The van der Waals surface area contributed by atoms with Crippen LogP contribution in [0.25, 0.3) is 5.69 Å². The summed E-state index contributed by atoms with van der Waals surface area (Å²) in [6.45, 7) is 1.14. The molecule has 4 heterocycles. The lowest BCUT2D eigenvalue weighted by molar-refractivity contribution is -0.136. The number of rotatable bonds is 4. The molecule has 7 rings (SSSR count). The number of nitrogens with one attached hydrogen (secondary N) is 1. The third-order valence-electron chi connectivity index (χ3n) is 9.19. The smallest absolute Gasteiger partial charge is 0.274 e. The molecular weight excluding hydrogens is 638 g/mol. The molecule has 1 aliphatic carbocycles. The highest BCUT2D eigenvalue weighted by Gasteiger charge is 2.45. The van der Waals surface area contributed by atoms with Gasteiger partial charge in [-0.15, -0.1) is 0 Å². The molecule has 1 aromatic heterocycles. The number of imide groups is 2. The Labute approximate surface area is 273 Å². The fraction of sp³-hybridized carbons (Fsp3) is 0.375. The molecule has 4 aliphatic rings. The molecule has 0 radical (unpaired) electrons. The summed E-state index contributed by atoms with van der Waals surface area (Å²) in [6, 6.07) is 6.41. The quantitative estimate of drug-likeness (QED) is 0.330. The van der Waals surface area contributed by atoms with Crippen molar-refractivity contribution in [2.24, 2.45) is 0 Å². The monoisotopic (exact) mass is 666 g/mol. The van der Waals surface area contributed by atoms with Crippen molar-refractivity contribution in [3.63, 3.8) is 0 Å². The number of aromatic nitrogens is 2. The number of piperazine rings is 1. The van der Waals surface area contributed by atoms with Gasteiger partial charge in [0.05, 0.1) is 27.5 Å². The van der Waals surface area contributed by atoms with Crippen LogP contribution in [-0.4, -0.2) is 81.3 Å². The highest BCUT2D eigenvalue weighted by atomic mass is 35.5. The summed E-state index contributed by atoms with van der Waals surface area (Å²) in [4.78, 5) is 68.5. The molecule has 0 spiro atoms. The average Bonchev–Trinajstić information content (AvgIpc) is 3.36. The number of benzene rings is 2. The number of anilines is 1. The molecule has 0 bridgehead atoms. The van der Waals surface area contributed by atoms with Crippen LogP contribution in [0, 0.1) is 5.82 Å². The SMILES string of the molecule is O=C1CCC(N2C(=O)c3cc(F)c(N4CCN(C(=O)c5nn(-c6ccc(Cl)cc6Cl)c6c5CCCCC6)CC4)cc3C2=O)C(=O)N1. The van der Waals surface area contributed by atoms with Crippen LogP contribution >= 0.6 is 23.2 Å². The molecule has 1 unspecified atom stereocenters. The molecule has 2 fully saturated rings. The minimum Gasteiger partial charge on any atom is -0.366 e. The van der Waals surface area contributed by atoms with Gasteiger partial charge in [0.25, 0.3) is 17.7 Å². The van der Waals surface area contributed by atoms with Gasteiger partial charge in [0.15, 0.2) is 5.69 Å². The Morgan fingerprint density at radius 2 is 1.59 bits per heavy atom. The Balaban J connectivity index is 1.10. The number of hydrogen-bond donors (Lipinski definition) is 1. The number of hydrogen-bond acceptors (Lipinski definition) is 7. The number of halogens is 3. The van der Waals surface area contributed by atoms with E-state index in [2.05, 4.69) is 5.32 Å². The van der Waals surface area contributed by atoms with Crippen LogP contribution in [0.5, 0.6) is 0 Å². The maximum absolute atomic E-state index is 15.4. The zero-order valence-electron chi connectivity index (χ0n) is 24.7. The van der Waals surface area contributed by atoms with E-state index in [1.54, 1.807) is 32.7 Å². The molecule has 2 saturated heterocycles. The predicted octanol–water partition coefficient (Wildman–Crippen LogP) is 3.95. The van der Waals surface area contributed by atoms with Gasteiger partial charge in [-0.2, -0.15) is 5.10 Å². The lowest BCUT2D eigenvalue weighted by Crippen LogP contribution is -2.54. The topological polar surface area (TPSA) is 125 Å². The van der Waals surface area contributed by atoms with Gasteiger partial charge in [-0.05, 0) is 62.4 Å². The van der Waals surface area contributed by atoms with Crippen molar-refractivity contribution in [1.29, 1.82) is 0 Å². The van der Waals surface area contributed by atoms with Gasteiger partial charge in [-0.1, -0.05) is 29.6 Å². The number of piperidine rings is 1. The van der Waals surface area contributed by atoms with E-state index in [0.717, 1.165) is 54.3 Å². The summed E-state index contributed by atoms with van der Waals surface area (Å²) < 4.78 is 17.2. The van der Waals surface area contributed by atoms with Crippen LogP contribution in [0.2, 0.25) is 10.0 Å². The van der Waals surface area contributed by atoms with Gasteiger partial charge in [0.1, 0.15) is 11.9 Å². The first-order valence-electron chi connectivity index (χ1n) is 15.3. The molecule has 3 aromatic rings. The largest absolute Gasteiger partial charge is 0.366 e.